The number of Topliss-reactive ketones (excluding diaryl/α,β-unsaturated/α-hetero) is 1. The fourth-order valence-corrected chi connectivity index (χ4v) is 7.25. The largest absolute Gasteiger partial charge is 0.493 e. The standard InChI is InChI=1S/C33H33N3O7/c1-42-25-18-23(24(36(40)41)19-26(25)43-2)29-28(31(37)21-14-8-4-9-15-21)27(20-12-6-3-7-13-20)30-32(38)34(33(39)35(29)30)22-16-10-5-11-17-22/h3-4,6-9,12-15,18-19,22,27-30H,5,10-11,16-17H2,1-2H3. The van der Waals surface area contributed by atoms with Gasteiger partial charge in [0.2, 0.25) is 0 Å². The molecule has 0 spiro atoms. The minimum absolute atomic E-state index is 0.118. The summed E-state index contributed by atoms with van der Waals surface area (Å²) >= 11 is 0. The first-order valence-electron chi connectivity index (χ1n) is 14.6. The number of ether oxygens (including phenoxy) is 2. The zero-order valence-electron chi connectivity index (χ0n) is 24.0. The average Bonchev–Trinajstić information content (AvgIpc) is 3.53. The van der Waals surface area contributed by atoms with Gasteiger partial charge in [-0.05, 0) is 24.5 Å². The second kappa shape index (κ2) is 11.5. The van der Waals surface area contributed by atoms with Gasteiger partial charge in [0, 0.05) is 17.5 Å². The van der Waals surface area contributed by atoms with Crippen molar-refractivity contribution in [1.82, 2.24) is 9.80 Å². The molecule has 3 aromatic rings. The number of nitro groups is 1. The predicted octanol–water partition coefficient (Wildman–Crippen LogP) is 5.92. The summed E-state index contributed by atoms with van der Waals surface area (Å²) in [6.45, 7) is 0. The molecule has 10 heteroatoms. The van der Waals surface area contributed by atoms with Crippen molar-refractivity contribution < 1.29 is 28.8 Å². The van der Waals surface area contributed by atoms with Crippen LogP contribution in [0.15, 0.2) is 72.8 Å². The number of fused-ring (bicyclic) bond motifs is 1. The van der Waals surface area contributed by atoms with Gasteiger partial charge in [0.05, 0.1) is 42.7 Å². The number of benzene rings is 3. The molecule has 0 bridgehead atoms. The van der Waals surface area contributed by atoms with Gasteiger partial charge >= 0.3 is 6.03 Å². The van der Waals surface area contributed by atoms with Gasteiger partial charge in [0.1, 0.15) is 6.04 Å². The van der Waals surface area contributed by atoms with Gasteiger partial charge in [-0.2, -0.15) is 0 Å². The third kappa shape index (κ3) is 4.70. The van der Waals surface area contributed by atoms with E-state index in [0.29, 0.717) is 24.0 Å². The number of rotatable bonds is 8. The molecule has 2 heterocycles. The Kier molecular flexibility index (Phi) is 7.60. The number of hydrogen-bond acceptors (Lipinski definition) is 7. The Morgan fingerprint density at radius 3 is 2.07 bits per heavy atom. The molecule has 222 valence electrons. The number of methoxy groups -OCH3 is 2. The quantitative estimate of drug-likeness (QED) is 0.140. The molecule has 3 amide bonds. The summed E-state index contributed by atoms with van der Waals surface area (Å²) < 4.78 is 10.9. The molecule has 2 saturated heterocycles. The molecule has 3 fully saturated rings. The molecule has 4 atom stereocenters. The van der Waals surface area contributed by atoms with Crippen LogP contribution in [0.1, 0.15) is 65.5 Å². The molecule has 3 aromatic carbocycles. The summed E-state index contributed by atoms with van der Waals surface area (Å²) in [5, 5.41) is 12.5. The van der Waals surface area contributed by atoms with Gasteiger partial charge < -0.3 is 14.4 Å². The number of ketones is 1. The molecule has 1 saturated carbocycles. The number of hydrogen-bond donors (Lipinski definition) is 0. The zero-order valence-corrected chi connectivity index (χ0v) is 24.0. The highest BCUT2D eigenvalue weighted by atomic mass is 16.6. The number of carbonyl (C=O) groups excluding carboxylic acids is 3. The number of nitro benzene ring substituents is 1. The van der Waals surface area contributed by atoms with Crippen LogP contribution < -0.4 is 9.47 Å². The van der Waals surface area contributed by atoms with Crippen LogP contribution in [0.25, 0.3) is 0 Å². The molecule has 6 rings (SSSR count). The van der Waals surface area contributed by atoms with Crippen molar-refractivity contribution in [2.75, 3.05) is 14.2 Å². The predicted molar refractivity (Wildman–Crippen MR) is 157 cm³/mol. The molecule has 2 aliphatic heterocycles. The summed E-state index contributed by atoms with van der Waals surface area (Å²) in [6.07, 6.45) is 4.28. The zero-order chi connectivity index (χ0) is 30.2. The maximum absolute atomic E-state index is 14.5. The van der Waals surface area contributed by atoms with Gasteiger partial charge in [-0.3, -0.25) is 24.6 Å². The monoisotopic (exact) mass is 583 g/mol. The van der Waals surface area contributed by atoms with Crippen molar-refractivity contribution in [2.45, 2.75) is 56.1 Å². The molecule has 1 aliphatic carbocycles. The van der Waals surface area contributed by atoms with Crippen LogP contribution in [0, 0.1) is 16.0 Å². The first-order valence-corrected chi connectivity index (χ1v) is 14.6. The number of urea groups is 1. The highest BCUT2D eigenvalue weighted by Gasteiger charge is 2.64. The topological polar surface area (TPSA) is 119 Å². The van der Waals surface area contributed by atoms with E-state index in [2.05, 4.69) is 0 Å². The molecular formula is C33H33N3O7. The second-order valence-electron chi connectivity index (χ2n) is 11.3. The van der Waals surface area contributed by atoms with E-state index in [9.17, 15) is 24.5 Å². The molecule has 0 N–H and O–H groups in total. The Morgan fingerprint density at radius 1 is 0.860 bits per heavy atom. The van der Waals surface area contributed by atoms with Crippen LogP contribution in [0.5, 0.6) is 11.5 Å². The Hall–Kier alpha value is -4.73. The van der Waals surface area contributed by atoms with E-state index in [-0.39, 0.29) is 40.5 Å². The van der Waals surface area contributed by atoms with Gasteiger partial charge in [-0.1, -0.05) is 79.9 Å². The van der Waals surface area contributed by atoms with Crippen LogP contribution in [0.3, 0.4) is 0 Å². The summed E-state index contributed by atoms with van der Waals surface area (Å²) in [7, 11) is 2.80. The minimum Gasteiger partial charge on any atom is -0.493 e. The summed E-state index contributed by atoms with van der Waals surface area (Å²) in [6, 6.07) is 17.7. The molecule has 43 heavy (non-hydrogen) atoms. The number of amides is 3. The minimum atomic E-state index is -1.12. The fraction of sp³-hybridized carbons (Fsp3) is 0.364. The molecule has 4 unspecified atom stereocenters. The number of nitrogens with zero attached hydrogens (tertiary/aromatic N) is 3. The normalized spacial score (nSPS) is 23.8. The first-order chi connectivity index (χ1) is 20.9. The van der Waals surface area contributed by atoms with E-state index < -0.39 is 34.9 Å². The van der Waals surface area contributed by atoms with Crippen LogP contribution in [0.4, 0.5) is 10.5 Å². The molecule has 10 nitrogen and oxygen atoms in total. The summed E-state index contributed by atoms with van der Waals surface area (Å²) in [4.78, 5) is 58.1. The maximum Gasteiger partial charge on any atom is 0.328 e. The van der Waals surface area contributed by atoms with E-state index in [0.717, 1.165) is 19.3 Å². The van der Waals surface area contributed by atoms with Crippen LogP contribution in [-0.2, 0) is 4.79 Å². The highest BCUT2D eigenvalue weighted by Crippen LogP contribution is 2.56. The van der Waals surface area contributed by atoms with Crippen molar-refractivity contribution in [2.24, 2.45) is 5.92 Å². The average molecular weight is 584 g/mol. The van der Waals surface area contributed by atoms with Crippen molar-refractivity contribution in [1.29, 1.82) is 0 Å². The third-order valence-corrected chi connectivity index (χ3v) is 9.12. The van der Waals surface area contributed by atoms with Crippen molar-refractivity contribution in [3.8, 4) is 11.5 Å². The van der Waals surface area contributed by atoms with E-state index in [1.807, 2.05) is 30.3 Å². The Morgan fingerprint density at radius 2 is 1.47 bits per heavy atom. The molecule has 3 aliphatic rings. The van der Waals surface area contributed by atoms with Gasteiger partial charge in [-0.15, -0.1) is 0 Å². The lowest BCUT2D eigenvalue weighted by Crippen LogP contribution is -2.45. The first kappa shape index (κ1) is 28.4. The van der Waals surface area contributed by atoms with E-state index in [4.69, 9.17) is 9.47 Å². The smallest absolute Gasteiger partial charge is 0.328 e. The lowest BCUT2D eigenvalue weighted by atomic mass is 9.75. The molecule has 0 aromatic heterocycles. The fourth-order valence-electron chi connectivity index (χ4n) is 7.25. The molecule has 0 radical (unpaired) electrons. The van der Waals surface area contributed by atoms with E-state index in [1.165, 1.54) is 36.2 Å². The van der Waals surface area contributed by atoms with Crippen LogP contribution in [0.2, 0.25) is 0 Å². The Balaban J connectivity index is 1.61. The van der Waals surface area contributed by atoms with Crippen molar-refractivity contribution in [3.05, 3.63) is 99.6 Å². The van der Waals surface area contributed by atoms with Crippen LogP contribution in [-0.4, -0.2) is 58.7 Å². The maximum atomic E-state index is 14.5. The lowest BCUT2D eigenvalue weighted by Gasteiger charge is -2.33. The lowest BCUT2D eigenvalue weighted by molar-refractivity contribution is -0.386. The van der Waals surface area contributed by atoms with E-state index >= 15 is 0 Å². The Bertz CT molecular complexity index is 1560. The summed E-state index contributed by atoms with van der Waals surface area (Å²) in [5.41, 5.74) is 0.903. The molecular weight excluding hydrogens is 550 g/mol. The van der Waals surface area contributed by atoms with Crippen LogP contribution >= 0.6 is 0 Å². The van der Waals surface area contributed by atoms with Gasteiger partial charge in [0.25, 0.3) is 11.6 Å². The van der Waals surface area contributed by atoms with Crippen molar-refractivity contribution >= 4 is 23.4 Å². The second-order valence-corrected chi connectivity index (χ2v) is 11.3. The highest BCUT2D eigenvalue weighted by molar-refractivity contribution is 6.09. The number of imide groups is 1. The number of carbonyl (C=O) groups is 3. The van der Waals surface area contributed by atoms with E-state index in [1.54, 1.807) is 30.3 Å². The van der Waals surface area contributed by atoms with Crippen molar-refractivity contribution in [3.63, 3.8) is 0 Å². The van der Waals surface area contributed by atoms with Gasteiger partial charge in [0.15, 0.2) is 17.3 Å². The Labute approximate surface area is 249 Å². The summed E-state index contributed by atoms with van der Waals surface area (Å²) in [5.74, 6) is -2.03. The van der Waals surface area contributed by atoms with Gasteiger partial charge in [-0.25, -0.2) is 4.79 Å². The SMILES string of the molecule is COc1cc(C2C(C(=O)c3ccccc3)C(c3ccccc3)C3C(=O)N(C4CCCCC4)C(=O)N32)c([N+](=O)[O-])cc1OC. The third-order valence-electron chi connectivity index (χ3n) is 9.12.